The molecule has 1 aliphatic carbocycles. The molecule has 0 atom stereocenters. The van der Waals surface area contributed by atoms with Crippen LogP contribution in [-0.2, 0) is 12.8 Å². The van der Waals surface area contributed by atoms with E-state index in [4.69, 9.17) is 4.42 Å². The number of rotatable bonds is 0. The molecular formula is C8H11NO2. The molecule has 0 saturated carbocycles. The van der Waals surface area contributed by atoms with Crippen LogP contribution < -0.4 is 5.76 Å². The number of aromatic nitrogens is 1. The number of fused-ring (bicyclic) bond motifs is 1. The maximum absolute atomic E-state index is 10.7. The van der Waals surface area contributed by atoms with Gasteiger partial charge in [-0.2, -0.15) is 0 Å². The monoisotopic (exact) mass is 153 g/mol. The van der Waals surface area contributed by atoms with Gasteiger partial charge in [-0.1, -0.05) is 6.42 Å². The van der Waals surface area contributed by atoms with Crippen molar-refractivity contribution in [2.45, 2.75) is 32.1 Å². The first-order valence-electron chi connectivity index (χ1n) is 4.07. The molecular weight excluding hydrogens is 142 g/mol. The lowest BCUT2D eigenvalue weighted by atomic mass is 10.2. The SMILES string of the molecule is O=c1[nH]c2c(o1)CCCCC2. The van der Waals surface area contributed by atoms with E-state index in [2.05, 4.69) is 4.98 Å². The molecule has 0 saturated heterocycles. The van der Waals surface area contributed by atoms with Gasteiger partial charge in [0, 0.05) is 6.42 Å². The Morgan fingerprint density at radius 3 is 2.91 bits per heavy atom. The van der Waals surface area contributed by atoms with Crippen LogP contribution in [0.4, 0.5) is 0 Å². The standard InChI is InChI=1S/C8H11NO2/c10-8-9-6-4-2-1-3-5-7(6)11-8/h1-5H2,(H,9,10). The van der Waals surface area contributed by atoms with Gasteiger partial charge >= 0.3 is 5.76 Å². The van der Waals surface area contributed by atoms with E-state index in [0.29, 0.717) is 0 Å². The Hall–Kier alpha value is -0.990. The molecule has 0 aromatic carbocycles. The van der Waals surface area contributed by atoms with Crippen LogP contribution in [0.25, 0.3) is 0 Å². The highest BCUT2D eigenvalue weighted by Crippen LogP contribution is 2.16. The van der Waals surface area contributed by atoms with Crippen molar-refractivity contribution in [2.75, 3.05) is 0 Å². The molecule has 3 heteroatoms. The summed E-state index contributed by atoms with van der Waals surface area (Å²) >= 11 is 0. The van der Waals surface area contributed by atoms with Gasteiger partial charge in [0.05, 0.1) is 5.69 Å². The smallest absolute Gasteiger partial charge is 0.413 e. The van der Waals surface area contributed by atoms with Crippen LogP contribution in [0.15, 0.2) is 9.21 Å². The van der Waals surface area contributed by atoms with Crippen molar-refractivity contribution in [3.63, 3.8) is 0 Å². The van der Waals surface area contributed by atoms with Crippen LogP contribution in [0.3, 0.4) is 0 Å². The Kier molecular flexibility index (Phi) is 1.56. The summed E-state index contributed by atoms with van der Waals surface area (Å²) in [6.45, 7) is 0. The first-order valence-corrected chi connectivity index (χ1v) is 4.07. The van der Waals surface area contributed by atoms with Crippen LogP contribution in [0.2, 0.25) is 0 Å². The first-order chi connectivity index (χ1) is 5.36. The minimum atomic E-state index is -0.295. The lowest BCUT2D eigenvalue weighted by molar-refractivity contribution is 0.463. The number of hydrogen-bond donors (Lipinski definition) is 1. The Balaban J connectivity index is 2.39. The van der Waals surface area contributed by atoms with E-state index in [1.807, 2.05) is 0 Å². The van der Waals surface area contributed by atoms with E-state index < -0.39 is 0 Å². The second-order valence-electron chi connectivity index (χ2n) is 2.98. The molecule has 11 heavy (non-hydrogen) atoms. The van der Waals surface area contributed by atoms with Crippen molar-refractivity contribution in [3.05, 3.63) is 22.0 Å². The highest BCUT2D eigenvalue weighted by molar-refractivity contribution is 5.08. The molecule has 60 valence electrons. The third-order valence-electron chi connectivity index (χ3n) is 2.14. The lowest BCUT2D eigenvalue weighted by Gasteiger charge is -1.89. The molecule has 1 aromatic heterocycles. The zero-order chi connectivity index (χ0) is 7.68. The van der Waals surface area contributed by atoms with Crippen molar-refractivity contribution in [1.29, 1.82) is 0 Å². The van der Waals surface area contributed by atoms with Gasteiger partial charge in [0.2, 0.25) is 0 Å². The van der Waals surface area contributed by atoms with E-state index >= 15 is 0 Å². The summed E-state index contributed by atoms with van der Waals surface area (Å²) in [6, 6.07) is 0. The molecule has 1 aromatic rings. The van der Waals surface area contributed by atoms with E-state index in [-0.39, 0.29) is 5.76 Å². The van der Waals surface area contributed by atoms with Crippen LogP contribution >= 0.6 is 0 Å². The van der Waals surface area contributed by atoms with Gasteiger partial charge in [-0.25, -0.2) is 4.79 Å². The molecule has 1 heterocycles. The molecule has 0 spiro atoms. The summed E-state index contributed by atoms with van der Waals surface area (Å²) in [7, 11) is 0. The zero-order valence-corrected chi connectivity index (χ0v) is 6.35. The largest absolute Gasteiger partial charge is 0.416 e. The molecule has 1 N–H and O–H groups in total. The van der Waals surface area contributed by atoms with Crippen LogP contribution in [0.5, 0.6) is 0 Å². The average molecular weight is 153 g/mol. The molecule has 0 fully saturated rings. The van der Waals surface area contributed by atoms with E-state index in [0.717, 1.165) is 30.7 Å². The quantitative estimate of drug-likeness (QED) is 0.570. The molecule has 0 amide bonds. The van der Waals surface area contributed by atoms with E-state index in [9.17, 15) is 4.79 Å². The number of aromatic amines is 1. The Morgan fingerprint density at radius 2 is 2.00 bits per heavy atom. The maximum atomic E-state index is 10.7. The normalized spacial score (nSPS) is 17.5. The summed E-state index contributed by atoms with van der Waals surface area (Å²) < 4.78 is 4.97. The molecule has 0 radical (unpaired) electrons. The van der Waals surface area contributed by atoms with Crippen molar-refractivity contribution in [2.24, 2.45) is 0 Å². The van der Waals surface area contributed by atoms with E-state index in [1.54, 1.807) is 0 Å². The molecule has 0 bridgehead atoms. The summed E-state index contributed by atoms with van der Waals surface area (Å²) in [5, 5.41) is 0. The number of hydrogen-bond acceptors (Lipinski definition) is 2. The molecule has 2 rings (SSSR count). The fourth-order valence-electron chi connectivity index (χ4n) is 1.56. The van der Waals surface area contributed by atoms with Crippen LogP contribution in [0, 0.1) is 0 Å². The first kappa shape index (κ1) is 6.70. The Labute approximate surface area is 64.4 Å². The van der Waals surface area contributed by atoms with Gasteiger partial charge in [-0.3, -0.25) is 4.98 Å². The summed E-state index contributed by atoms with van der Waals surface area (Å²) in [5.74, 6) is 0.587. The van der Waals surface area contributed by atoms with Gasteiger partial charge in [0.25, 0.3) is 0 Å². The fourth-order valence-corrected chi connectivity index (χ4v) is 1.56. The lowest BCUT2D eigenvalue weighted by Crippen LogP contribution is -1.96. The van der Waals surface area contributed by atoms with Gasteiger partial charge in [-0.15, -0.1) is 0 Å². The second-order valence-corrected chi connectivity index (χ2v) is 2.98. The number of nitrogens with one attached hydrogen (secondary N) is 1. The van der Waals surface area contributed by atoms with Crippen LogP contribution in [-0.4, -0.2) is 4.98 Å². The second kappa shape index (κ2) is 2.57. The molecule has 1 aliphatic rings. The maximum Gasteiger partial charge on any atom is 0.416 e. The predicted molar refractivity (Wildman–Crippen MR) is 40.6 cm³/mol. The van der Waals surface area contributed by atoms with Gasteiger partial charge < -0.3 is 4.42 Å². The highest BCUT2D eigenvalue weighted by Gasteiger charge is 2.12. The number of aryl methyl sites for hydroxylation is 2. The highest BCUT2D eigenvalue weighted by atomic mass is 16.4. The van der Waals surface area contributed by atoms with Gasteiger partial charge in [-0.05, 0) is 19.3 Å². The van der Waals surface area contributed by atoms with E-state index in [1.165, 1.54) is 12.8 Å². The number of H-pyrrole nitrogens is 1. The third-order valence-corrected chi connectivity index (χ3v) is 2.14. The minimum Gasteiger partial charge on any atom is -0.413 e. The fraction of sp³-hybridized carbons (Fsp3) is 0.625. The predicted octanol–water partition coefficient (Wildman–Crippen LogP) is 1.24. The minimum absolute atomic E-state index is 0.295. The molecule has 0 aliphatic heterocycles. The van der Waals surface area contributed by atoms with Crippen molar-refractivity contribution >= 4 is 0 Å². The Bertz CT molecular complexity index is 271. The topological polar surface area (TPSA) is 46.0 Å². The van der Waals surface area contributed by atoms with Crippen molar-refractivity contribution < 1.29 is 4.42 Å². The van der Waals surface area contributed by atoms with Crippen molar-refractivity contribution in [1.82, 2.24) is 4.98 Å². The summed E-state index contributed by atoms with van der Waals surface area (Å²) in [5.41, 5.74) is 1.02. The average Bonchev–Trinajstić information content (AvgIpc) is 2.17. The third kappa shape index (κ3) is 1.23. The zero-order valence-electron chi connectivity index (χ0n) is 6.35. The summed E-state index contributed by atoms with van der Waals surface area (Å²) in [4.78, 5) is 13.5. The summed E-state index contributed by atoms with van der Waals surface area (Å²) in [6.07, 6.45) is 5.46. The Morgan fingerprint density at radius 1 is 1.18 bits per heavy atom. The van der Waals surface area contributed by atoms with Crippen LogP contribution in [0.1, 0.15) is 30.7 Å². The van der Waals surface area contributed by atoms with Gasteiger partial charge in [0.1, 0.15) is 5.76 Å². The molecule has 0 unspecified atom stereocenters. The number of oxazole rings is 1. The van der Waals surface area contributed by atoms with Gasteiger partial charge in [0.15, 0.2) is 0 Å². The van der Waals surface area contributed by atoms with Crippen molar-refractivity contribution in [3.8, 4) is 0 Å². The molecule has 3 nitrogen and oxygen atoms in total.